The SMILES string of the molecule is CC(C)(C)c1ccccc1OCCC1CCN(C(=O)CCC(=O)O)CC1. The van der Waals surface area contributed by atoms with Crippen LogP contribution in [0, 0.1) is 5.92 Å². The molecule has 0 spiro atoms. The molecule has 1 aromatic carbocycles. The minimum atomic E-state index is -0.916. The number of aliphatic carboxylic acids is 1. The summed E-state index contributed by atoms with van der Waals surface area (Å²) in [6.45, 7) is 8.69. The largest absolute Gasteiger partial charge is 0.493 e. The Morgan fingerprint density at radius 3 is 2.42 bits per heavy atom. The number of nitrogens with zero attached hydrogens (tertiary/aromatic N) is 1. The maximum atomic E-state index is 12.0. The molecule has 26 heavy (non-hydrogen) atoms. The van der Waals surface area contributed by atoms with Crippen molar-refractivity contribution in [2.24, 2.45) is 5.92 Å². The number of rotatable bonds is 7. The van der Waals surface area contributed by atoms with Crippen molar-refractivity contribution in [1.29, 1.82) is 0 Å². The van der Waals surface area contributed by atoms with E-state index in [2.05, 4.69) is 26.8 Å². The number of hydrogen-bond acceptors (Lipinski definition) is 3. The molecule has 0 atom stereocenters. The Labute approximate surface area is 156 Å². The summed E-state index contributed by atoms with van der Waals surface area (Å²) >= 11 is 0. The van der Waals surface area contributed by atoms with Crippen molar-refractivity contribution in [2.75, 3.05) is 19.7 Å². The molecule has 1 fully saturated rings. The molecule has 0 bridgehead atoms. The standard InChI is InChI=1S/C21H31NO4/c1-21(2,3)17-6-4-5-7-18(17)26-15-12-16-10-13-22(14-11-16)19(23)8-9-20(24)25/h4-7,16H,8-15H2,1-3H3,(H,24,25). The second kappa shape index (κ2) is 9.06. The average molecular weight is 361 g/mol. The van der Waals surface area contributed by atoms with E-state index in [1.54, 1.807) is 4.90 Å². The molecule has 1 aromatic rings. The Balaban J connectivity index is 1.74. The third-order valence-corrected chi connectivity index (χ3v) is 5.00. The number of carbonyl (C=O) groups is 2. The van der Waals surface area contributed by atoms with E-state index in [9.17, 15) is 9.59 Å². The summed E-state index contributed by atoms with van der Waals surface area (Å²) in [7, 11) is 0. The minimum Gasteiger partial charge on any atom is -0.493 e. The first-order valence-corrected chi connectivity index (χ1v) is 9.49. The summed E-state index contributed by atoms with van der Waals surface area (Å²) in [6, 6.07) is 8.21. The third kappa shape index (κ3) is 6.04. The summed E-state index contributed by atoms with van der Waals surface area (Å²) in [5.41, 5.74) is 1.27. The Bertz CT molecular complexity index is 613. The summed E-state index contributed by atoms with van der Waals surface area (Å²) in [5, 5.41) is 8.68. The highest BCUT2D eigenvalue weighted by molar-refractivity contribution is 5.80. The predicted octanol–water partition coefficient (Wildman–Crippen LogP) is 3.86. The Morgan fingerprint density at radius 1 is 1.15 bits per heavy atom. The first kappa shape index (κ1) is 20.3. The van der Waals surface area contributed by atoms with Gasteiger partial charge in [0.1, 0.15) is 5.75 Å². The Hall–Kier alpha value is -2.04. The molecule has 144 valence electrons. The monoisotopic (exact) mass is 361 g/mol. The normalized spacial score (nSPS) is 15.7. The molecule has 1 saturated heterocycles. The molecule has 1 amide bonds. The Morgan fingerprint density at radius 2 is 1.81 bits per heavy atom. The summed E-state index contributed by atoms with van der Waals surface area (Å²) in [6.07, 6.45) is 2.92. The minimum absolute atomic E-state index is 0.0406. The van der Waals surface area contributed by atoms with Gasteiger partial charge in [-0.25, -0.2) is 0 Å². The molecule has 1 heterocycles. The number of amides is 1. The van der Waals surface area contributed by atoms with E-state index >= 15 is 0 Å². The van der Waals surface area contributed by atoms with Gasteiger partial charge in [0.15, 0.2) is 0 Å². The van der Waals surface area contributed by atoms with Crippen LogP contribution in [0.1, 0.15) is 58.4 Å². The van der Waals surface area contributed by atoms with Crippen LogP contribution in [0.4, 0.5) is 0 Å². The molecule has 0 radical (unpaired) electrons. The molecule has 5 heteroatoms. The molecule has 2 rings (SSSR count). The number of carbonyl (C=O) groups excluding carboxylic acids is 1. The van der Waals surface area contributed by atoms with Crippen molar-refractivity contribution in [3.8, 4) is 5.75 Å². The number of ether oxygens (including phenoxy) is 1. The molecule has 1 N–H and O–H groups in total. The number of piperidine rings is 1. The smallest absolute Gasteiger partial charge is 0.303 e. The van der Waals surface area contributed by atoms with Gasteiger partial charge in [-0.2, -0.15) is 0 Å². The quantitative estimate of drug-likeness (QED) is 0.801. The number of benzene rings is 1. The fourth-order valence-electron chi connectivity index (χ4n) is 3.39. The van der Waals surface area contributed by atoms with Gasteiger partial charge in [0.2, 0.25) is 5.91 Å². The lowest BCUT2D eigenvalue weighted by molar-refractivity contribution is -0.141. The van der Waals surface area contributed by atoms with Crippen molar-refractivity contribution >= 4 is 11.9 Å². The highest BCUT2D eigenvalue weighted by Crippen LogP contribution is 2.31. The lowest BCUT2D eigenvalue weighted by atomic mass is 9.86. The van der Waals surface area contributed by atoms with Gasteiger partial charge < -0.3 is 14.7 Å². The van der Waals surface area contributed by atoms with Crippen LogP contribution in [-0.4, -0.2) is 41.6 Å². The van der Waals surface area contributed by atoms with Crippen LogP contribution >= 0.6 is 0 Å². The zero-order valence-corrected chi connectivity index (χ0v) is 16.2. The van der Waals surface area contributed by atoms with Crippen LogP contribution < -0.4 is 4.74 Å². The number of likely N-dealkylation sites (tertiary alicyclic amines) is 1. The van der Waals surface area contributed by atoms with Crippen molar-refractivity contribution < 1.29 is 19.4 Å². The van der Waals surface area contributed by atoms with Gasteiger partial charge in [0.25, 0.3) is 0 Å². The lowest BCUT2D eigenvalue weighted by Gasteiger charge is -2.32. The second-order valence-corrected chi connectivity index (χ2v) is 8.10. The van der Waals surface area contributed by atoms with Gasteiger partial charge in [0.05, 0.1) is 13.0 Å². The first-order chi connectivity index (χ1) is 12.3. The fourth-order valence-corrected chi connectivity index (χ4v) is 3.39. The first-order valence-electron chi connectivity index (χ1n) is 9.49. The predicted molar refractivity (Wildman–Crippen MR) is 101 cm³/mol. The number of para-hydroxylation sites is 1. The van der Waals surface area contributed by atoms with Gasteiger partial charge in [-0.3, -0.25) is 9.59 Å². The fraction of sp³-hybridized carbons (Fsp3) is 0.619. The van der Waals surface area contributed by atoms with E-state index in [-0.39, 0.29) is 24.2 Å². The summed E-state index contributed by atoms with van der Waals surface area (Å²) < 4.78 is 6.06. The number of hydrogen-bond donors (Lipinski definition) is 1. The van der Waals surface area contributed by atoms with Crippen LogP contribution in [0.3, 0.4) is 0 Å². The van der Waals surface area contributed by atoms with Crippen LogP contribution in [0.2, 0.25) is 0 Å². The van der Waals surface area contributed by atoms with E-state index < -0.39 is 5.97 Å². The van der Waals surface area contributed by atoms with E-state index in [1.165, 1.54) is 5.56 Å². The van der Waals surface area contributed by atoms with Crippen LogP contribution in [0.25, 0.3) is 0 Å². The van der Waals surface area contributed by atoms with Crippen molar-refractivity contribution in [3.05, 3.63) is 29.8 Å². The molecule has 0 saturated carbocycles. The van der Waals surface area contributed by atoms with Gasteiger partial charge in [-0.1, -0.05) is 39.0 Å². The highest BCUT2D eigenvalue weighted by Gasteiger charge is 2.23. The van der Waals surface area contributed by atoms with E-state index in [1.807, 2.05) is 18.2 Å². The summed E-state index contributed by atoms with van der Waals surface area (Å²) in [5.74, 6) is 0.559. The van der Waals surface area contributed by atoms with Crippen molar-refractivity contribution in [2.45, 2.75) is 58.3 Å². The van der Waals surface area contributed by atoms with Crippen molar-refractivity contribution in [1.82, 2.24) is 4.90 Å². The topological polar surface area (TPSA) is 66.8 Å². The molecule has 5 nitrogen and oxygen atoms in total. The van der Waals surface area contributed by atoms with E-state index in [0.29, 0.717) is 12.5 Å². The van der Waals surface area contributed by atoms with Crippen molar-refractivity contribution in [3.63, 3.8) is 0 Å². The second-order valence-electron chi connectivity index (χ2n) is 8.10. The van der Waals surface area contributed by atoms with Gasteiger partial charge in [-0.15, -0.1) is 0 Å². The van der Waals surface area contributed by atoms with Gasteiger partial charge in [0, 0.05) is 19.5 Å². The zero-order chi connectivity index (χ0) is 19.2. The van der Waals surface area contributed by atoms with Crippen LogP contribution in [0.15, 0.2) is 24.3 Å². The molecule has 0 unspecified atom stereocenters. The molecule has 1 aliphatic rings. The number of carboxylic acids is 1. The molecular formula is C21H31NO4. The lowest BCUT2D eigenvalue weighted by Crippen LogP contribution is -2.38. The molecule has 0 aliphatic carbocycles. The number of carboxylic acid groups (broad SMARTS) is 1. The highest BCUT2D eigenvalue weighted by atomic mass is 16.5. The van der Waals surface area contributed by atoms with Gasteiger partial charge >= 0.3 is 5.97 Å². The average Bonchev–Trinajstić information content (AvgIpc) is 2.60. The molecular weight excluding hydrogens is 330 g/mol. The molecule has 0 aromatic heterocycles. The van der Waals surface area contributed by atoms with E-state index in [4.69, 9.17) is 9.84 Å². The summed E-state index contributed by atoms with van der Waals surface area (Å²) in [4.78, 5) is 24.4. The zero-order valence-electron chi connectivity index (χ0n) is 16.2. The van der Waals surface area contributed by atoms with E-state index in [0.717, 1.165) is 38.1 Å². The van der Waals surface area contributed by atoms with Crippen LogP contribution in [0.5, 0.6) is 5.75 Å². The molecule has 1 aliphatic heterocycles. The third-order valence-electron chi connectivity index (χ3n) is 5.00. The maximum Gasteiger partial charge on any atom is 0.303 e. The Kier molecular flexibility index (Phi) is 7.06. The van der Waals surface area contributed by atoms with Gasteiger partial charge in [-0.05, 0) is 42.2 Å². The maximum absolute atomic E-state index is 12.0. The van der Waals surface area contributed by atoms with Crippen LogP contribution in [-0.2, 0) is 15.0 Å².